The highest BCUT2D eigenvalue weighted by molar-refractivity contribution is 6.03. The molecule has 0 spiro atoms. The number of aryl methyl sites for hydroxylation is 1. The summed E-state index contributed by atoms with van der Waals surface area (Å²) in [5, 5.41) is 2.76. The average Bonchev–Trinajstić information content (AvgIpc) is 2.73. The zero-order valence-corrected chi connectivity index (χ0v) is 17.6. The van der Waals surface area contributed by atoms with Gasteiger partial charge in [0.1, 0.15) is 5.75 Å². The van der Waals surface area contributed by atoms with E-state index in [-0.39, 0.29) is 17.2 Å². The molecule has 0 aliphatic carbocycles. The number of esters is 1. The average molecular weight is 401 g/mol. The van der Waals surface area contributed by atoms with Crippen molar-refractivity contribution in [2.24, 2.45) is 0 Å². The molecule has 7 heteroatoms. The molecule has 1 atom stereocenters. The Balaban J connectivity index is 2.33. The highest BCUT2D eigenvalue weighted by Crippen LogP contribution is 2.34. The Morgan fingerprint density at radius 3 is 2.24 bits per heavy atom. The minimum absolute atomic E-state index is 0.153. The third-order valence-corrected chi connectivity index (χ3v) is 4.67. The van der Waals surface area contributed by atoms with Gasteiger partial charge in [-0.15, -0.1) is 0 Å². The molecule has 7 nitrogen and oxygen atoms in total. The molecule has 0 aliphatic heterocycles. The van der Waals surface area contributed by atoms with Crippen LogP contribution in [0.25, 0.3) is 0 Å². The van der Waals surface area contributed by atoms with Gasteiger partial charge in [-0.1, -0.05) is 19.1 Å². The quantitative estimate of drug-likeness (QED) is 0.676. The number of carbonyl (C=O) groups is 2. The molecule has 0 aliphatic rings. The molecule has 2 aromatic rings. The van der Waals surface area contributed by atoms with Crippen LogP contribution in [0, 0.1) is 13.8 Å². The Morgan fingerprint density at radius 2 is 1.66 bits per heavy atom. The Hall–Kier alpha value is -3.22. The van der Waals surface area contributed by atoms with Crippen LogP contribution in [0.1, 0.15) is 34.8 Å². The van der Waals surface area contributed by atoms with E-state index in [1.54, 1.807) is 0 Å². The summed E-state index contributed by atoms with van der Waals surface area (Å²) in [7, 11) is 4.20. The number of carbonyl (C=O) groups excluding carboxylic acids is 2. The van der Waals surface area contributed by atoms with E-state index in [2.05, 4.69) is 5.32 Å². The Morgan fingerprint density at radius 1 is 1.00 bits per heavy atom. The first-order chi connectivity index (χ1) is 13.9. The first-order valence-corrected chi connectivity index (χ1v) is 9.24. The molecule has 156 valence electrons. The monoisotopic (exact) mass is 401 g/mol. The van der Waals surface area contributed by atoms with Crippen molar-refractivity contribution >= 4 is 17.6 Å². The Bertz CT molecular complexity index is 893. The van der Waals surface area contributed by atoms with Crippen LogP contribution in [0.4, 0.5) is 5.69 Å². The fraction of sp³-hybridized carbons (Fsp3) is 0.364. The summed E-state index contributed by atoms with van der Waals surface area (Å²) in [5.74, 6) is 0.381. The van der Waals surface area contributed by atoms with Crippen molar-refractivity contribution in [2.75, 3.05) is 26.6 Å². The van der Waals surface area contributed by atoms with Gasteiger partial charge in [-0.05, 0) is 37.5 Å². The normalized spacial score (nSPS) is 11.4. The van der Waals surface area contributed by atoms with E-state index < -0.39 is 12.1 Å². The van der Waals surface area contributed by atoms with Gasteiger partial charge in [0.15, 0.2) is 17.6 Å². The second-order valence-electron chi connectivity index (χ2n) is 6.45. The van der Waals surface area contributed by atoms with Crippen molar-refractivity contribution < 1.29 is 28.5 Å². The summed E-state index contributed by atoms with van der Waals surface area (Å²) in [6.07, 6.45) is -0.297. The van der Waals surface area contributed by atoms with E-state index in [9.17, 15) is 9.59 Å². The molecule has 29 heavy (non-hydrogen) atoms. The van der Waals surface area contributed by atoms with Crippen molar-refractivity contribution in [3.63, 3.8) is 0 Å². The van der Waals surface area contributed by atoms with Crippen LogP contribution < -0.4 is 19.5 Å². The van der Waals surface area contributed by atoms with Crippen molar-refractivity contribution in [1.82, 2.24) is 0 Å². The van der Waals surface area contributed by atoms with Crippen LogP contribution in [-0.4, -0.2) is 39.3 Å². The Kier molecular flexibility index (Phi) is 7.47. The molecule has 0 aromatic heterocycles. The molecule has 0 unspecified atom stereocenters. The lowest BCUT2D eigenvalue weighted by atomic mass is 10.1. The molecule has 0 saturated heterocycles. The molecule has 0 fully saturated rings. The molecule has 0 saturated carbocycles. The van der Waals surface area contributed by atoms with E-state index in [0.717, 1.165) is 11.1 Å². The van der Waals surface area contributed by atoms with Crippen molar-refractivity contribution in [3.8, 4) is 17.2 Å². The van der Waals surface area contributed by atoms with Gasteiger partial charge < -0.3 is 24.3 Å². The van der Waals surface area contributed by atoms with Crippen LogP contribution in [0.2, 0.25) is 0 Å². The van der Waals surface area contributed by atoms with Crippen molar-refractivity contribution in [3.05, 3.63) is 47.0 Å². The van der Waals surface area contributed by atoms with Gasteiger partial charge >= 0.3 is 5.97 Å². The summed E-state index contributed by atoms with van der Waals surface area (Å²) in [6.45, 7) is 5.78. The largest absolute Gasteiger partial charge is 0.493 e. The molecule has 1 amide bonds. The lowest BCUT2D eigenvalue weighted by Crippen LogP contribution is -2.33. The highest BCUT2D eigenvalue weighted by atomic mass is 16.5. The third kappa shape index (κ3) is 4.99. The van der Waals surface area contributed by atoms with E-state index in [1.165, 1.54) is 33.5 Å². The van der Waals surface area contributed by atoms with Gasteiger partial charge in [0.2, 0.25) is 0 Å². The van der Waals surface area contributed by atoms with Gasteiger partial charge in [-0.3, -0.25) is 4.79 Å². The van der Waals surface area contributed by atoms with Gasteiger partial charge in [-0.25, -0.2) is 4.79 Å². The fourth-order valence-corrected chi connectivity index (χ4v) is 2.80. The number of methoxy groups -OCH3 is 3. The van der Waals surface area contributed by atoms with Gasteiger partial charge in [0, 0.05) is 12.1 Å². The minimum Gasteiger partial charge on any atom is -0.493 e. The van der Waals surface area contributed by atoms with Gasteiger partial charge in [0.05, 0.1) is 32.6 Å². The van der Waals surface area contributed by atoms with Gasteiger partial charge in [0.25, 0.3) is 5.91 Å². The third-order valence-electron chi connectivity index (χ3n) is 4.67. The van der Waals surface area contributed by atoms with E-state index in [0.29, 0.717) is 23.7 Å². The van der Waals surface area contributed by atoms with Gasteiger partial charge in [-0.2, -0.15) is 0 Å². The number of ether oxygens (including phenoxy) is 4. The topological polar surface area (TPSA) is 83.1 Å². The van der Waals surface area contributed by atoms with E-state index in [1.807, 2.05) is 39.0 Å². The van der Waals surface area contributed by atoms with Crippen molar-refractivity contribution in [2.45, 2.75) is 33.3 Å². The maximum Gasteiger partial charge on any atom is 0.340 e. The number of anilines is 1. The minimum atomic E-state index is -0.742. The number of nitrogens with one attached hydrogen (secondary N) is 1. The number of benzene rings is 2. The molecule has 0 bridgehead atoms. The van der Waals surface area contributed by atoms with E-state index in [4.69, 9.17) is 18.9 Å². The SMILES string of the molecule is CC[C@H](Oc1cccc(C)c1C)C(=O)Nc1cc(OC)c(OC)cc1C(=O)OC. The standard InChI is InChI=1S/C22H27NO6/c1-7-17(29-18-10-8-9-13(2)14(18)3)21(24)23-16-12-20(27-5)19(26-4)11-15(16)22(25)28-6/h8-12,17H,7H2,1-6H3,(H,23,24)/t17-/m0/s1. The Labute approximate surface area is 170 Å². The zero-order chi connectivity index (χ0) is 21.6. The summed E-state index contributed by atoms with van der Waals surface area (Å²) < 4.78 is 21.3. The molecule has 2 aromatic carbocycles. The number of amides is 1. The van der Waals surface area contributed by atoms with Crippen LogP contribution >= 0.6 is 0 Å². The smallest absolute Gasteiger partial charge is 0.340 e. The fourth-order valence-electron chi connectivity index (χ4n) is 2.80. The van der Waals surface area contributed by atoms with Crippen LogP contribution in [0.3, 0.4) is 0 Å². The summed E-state index contributed by atoms with van der Waals surface area (Å²) in [5.41, 5.74) is 2.45. The number of hydrogen-bond acceptors (Lipinski definition) is 6. The lowest BCUT2D eigenvalue weighted by molar-refractivity contribution is -0.122. The summed E-state index contributed by atoms with van der Waals surface area (Å²) >= 11 is 0. The number of rotatable bonds is 8. The number of hydrogen-bond donors (Lipinski definition) is 1. The van der Waals surface area contributed by atoms with Crippen LogP contribution in [0.5, 0.6) is 17.2 Å². The molecular formula is C22H27NO6. The predicted molar refractivity (Wildman–Crippen MR) is 110 cm³/mol. The molecule has 0 heterocycles. The van der Waals surface area contributed by atoms with Crippen LogP contribution in [0.15, 0.2) is 30.3 Å². The van der Waals surface area contributed by atoms with E-state index >= 15 is 0 Å². The van der Waals surface area contributed by atoms with Crippen LogP contribution in [-0.2, 0) is 9.53 Å². The van der Waals surface area contributed by atoms with Crippen molar-refractivity contribution in [1.29, 1.82) is 0 Å². The maximum atomic E-state index is 12.9. The molecule has 0 radical (unpaired) electrons. The first-order valence-electron chi connectivity index (χ1n) is 9.24. The summed E-state index contributed by atoms with van der Waals surface area (Å²) in [4.78, 5) is 25.1. The molecule has 1 N–H and O–H groups in total. The second-order valence-corrected chi connectivity index (χ2v) is 6.45. The molecule has 2 rings (SSSR count). The first kappa shape index (κ1) is 22.1. The predicted octanol–water partition coefficient (Wildman–Crippen LogP) is 3.90. The lowest BCUT2D eigenvalue weighted by Gasteiger charge is -2.20. The highest BCUT2D eigenvalue weighted by Gasteiger charge is 2.24. The second kappa shape index (κ2) is 9.82. The maximum absolute atomic E-state index is 12.9. The zero-order valence-electron chi connectivity index (χ0n) is 17.6. The molecular weight excluding hydrogens is 374 g/mol. The summed E-state index contributed by atoms with van der Waals surface area (Å²) in [6, 6.07) is 8.68.